The number of hydrogen-bond donors (Lipinski definition) is 3. The number of rotatable bonds is 3. The van der Waals surface area contributed by atoms with Crippen molar-refractivity contribution >= 4 is 17.6 Å². The van der Waals surface area contributed by atoms with E-state index < -0.39 is 6.29 Å². The molecule has 2 unspecified atom stereocenters. The summed E-state index contributed by atoms with van der Waals surface area (Å²) in [5.41, 5.74) is 1.16. The van der Waals surface area contributed by atoms with Crippen LogP contribution in [-0.4, -0.2) is 34.4 Å². The van der Waals surface area contributed by atoms with Gasteiger partial charge < -0.3 is 20.1 Å². The van der Waals surface area contributed by atoms with E-state index in [9.17, 15) is 9.59 Å². The molecule has 1 aromatic carbocycles. The number of carbonyl (C=O) groups excluding carboxylic acids is 2. The van der Waals surface area contributed by atoms with E-state index >= 15 is 0 Å². The number of amides is 2. The summed E-state index contributed by atoms with van der Waals surface area (Å²) in [6, 6.07) is 6.76. The van der Waals surface area contributed by atoms with Crippen LogP contribution in [0.4, 0.5) is 5.82 Å². The largest absolute Gasteiger partial charge is 0.454 e. The van der Waals surface area contributed by atoms with Gasteiger partial charge in [-0.15, -0.1) is 0 Å². The summed E-state index contributed by atoms with van der Waals surface area (Å²) in [7, 11) is 0. The average molecular weight is 357 g/mol. The molecule has 1 saturated heterocycles. The van der Waals surface area contributed by atoms with Crippen LogP contribution in [0.3, 0.4) is 0 Å². The quantitative estimate of drug-likeness (QED) is 0.760. The van der Waals surface area contributed by atoms with Crippen molar-refractivity contribution in [2.45, 2.75) is 32.6 Å². The van der Waals surface area contributed by atoms with Crippen LogP contribution >= 0.6 is 0 Å². The third-order valence-electron chi connectivity index (χ3n) is 4.21. The van der Waals surface area contributed by atoms with Crippen molar-refractivity contribution in [2.24, 2.45) is 0 Å². The van der Waals surface area contributed by atoms with Crippen LogP contribution in [0.1, 0.15) is 35.7 Å². The molecule has 2 aliphatic heterocycles. The van der Waals surface area contributed by atoms with E-state index in [0.717, 1.165) is 5.69 Å². The van der Waals surface area contributed by atoms with Gasteiger partial charge in [0.05, 0.1) is 5.69 Å². The Kier molecular flexibility index (Phi) is 4.00. The monoisotopic (exact) mass is 357 g/mol. The van der Waals surface area contributed by atoms with Crippen molar-refractivity contribution in [1.82, 2.24) is 20.4 Å². The maximum Gasteiger partial charge on any atom is 0.256 e. The third-order valence-corrected chi connectivity index (χ3v) is 4.21. The highest BCUT2D eigenvalue weighted by atomic mass is 16.7. The van der Waals surface area contributed by atoms with Crippen molar-refractivity contribution in [1.29, 1.82) is 0 Å². The molecule has 2 amide bonds. The first-order chi connectivity index (χ1) is 12.5. The second-order valence-electron chi connectivity index (χ2n) is 6.38. The SMILES string of the molecule is Cc1cc(NC(=O)c2ccc3c(c2)OCO3)n(C2NC(=O)CC(C)N2)n1. The maximum atomic E-state index is 12.6. The minimum Gasteiger partial charge on any atom is -0.454 e. The van der Waals surface area contributed by atoms with Gasteiger partial charge in [0.25, 0.3) is 5.91 Å². The van der Waals surface area contributed by atoms with Gasteiger partial charge in [0, 0.05) is 24.1 Å². The normalized spacial score (nSPS) is 21.4. The molecule has 0 saturated carbocycles. The minimum absolute atomic E-state index is 0.00988. The topological polar surface area (TPSA) is 107 Å². The lowest BCUT2D eigenvalue weighted by atomic mass is 10.2. The number of nitrogens with one attached hydrogen (secondary N) is 3. The summed E-state index contributed by atoms with van der Waals surface area (Å²) >= 11 is 0. The highest BCUT2D eigenvalue weighted by Crippen LogP contribution is 2.32. The lowest BCUT2D eigenvalue weighted by molar-refractivity contribution is -0.125. The number of hydrogen-bond acceptors (Lipinski definition) is 6. The van der Waals surface area contributed by atoms with Crippen LogP contribution in [0.15, 0.2) is 24.3 Å². The number of benzene rings is 1. The molecule has 0 bridgehead atoms. The van der Waals surface area contributed by atoms with Crippen LogP contribution in [0, 0.1) is 6.92 Å². The van der Waals surface area contributed by atoms with Crippen molar-refractivity contribution in [3.05, 3.63) is 35.5 Å². The zero-order valence-electron chi connectivity index (χ0n) is 14.4. The Labute approximate surface area is 149 Å². The van der Waals surface area contributed by atoms with E-state index in [4.69, 9.17) is 9.47 Å². The number of aromatic nitrogens is 2. The van der Waals surface area contributed by atoms with E-state index in [1.165, 1.54) is 0 Å². The minimum atomic E-state index is -0.521. The van der Waals surface area contributed by atoms with E-state index in [-0.39, 0.29) is 24.6 Å². The van der Waals surface area contributed by atoms with Crippen LogP contribution in [-0.2, 0) is 4.79 Å². The summed E-state index contributed by atoms with van der Waals surface area (Å²) in [4.78, 5) is 24.5. The Morgan fingerprint density at radius 3 is 2.92 bits per heavy atom. The van der Waals surface area contributed by atoms with E-state index in [2.05, 4.69) is 21.0 Å². The lowest BCUT2D eigenvalue weighted by Gasteiger charge is -2.30. The zero-order chi connectivity index (χ0) is 18.3. The second-order valence-corrected chi connectivity index (χ2v) is 6.38. The molecule has 4 rings (SSSR count). The molecule has 136 valence electrons. The van der Waals surface area contributed by atoms with Gasteiger partial charge in [-0.2, -0.15) is 5.10 Å². The summed E-state index contributed by atoms with van der Waals surface area (Å²) in [6.07, 6.45) is -0.123. The number of fused-ring (bicyclic) bond motifs is 1. The first-order valence-electron chi connectivity index (χ1n) is 8.32. The molecule has 2 aliphatic rings. The molecule has 0 spiro atoms. The molecule has 3 N–H and O–H groups in total. The molecule has 26 heavy (non-hydrogen) atoms. The second kappa shape index (κ2) is 6.34. The van der Waals surface area contributed by atoms with E-state index in [1.807, 2.05) is 13.8 Å². The Hall–Kier alpha value is -3.07. The van der Waals surface area contributed by atoms with Crippen LogP contribution in [0.2, 0.25) is 0 Å². The predicted octanol–water partition coefficient (Wildman–Crippen LogP) is 1.13. The van der Waals surface area contributed by atoms with Crippen LogP contribution in [0.5, 0.6) is 11.5 Å². The summed E-state index contributed by atoms with van der Waals surface area (Å²) < 4.78 is 12.1. The maximum absolute atomic E-state index is 12.6. The summed E-state index contributed by atoms with van der Waals surface area (Å²) in [5.74, 6) is 1.27. The molecule has 1 fully saturated rings. The molecule has 0 radical (unpaired) electrons. The predicted molar refractivity (Wildman–Crippen MR) is 91.9 cm³/mol. The summed E-state index contributed by atoms with van der Waals surface area (Å²) in [5, 5.41) is 13.3. The van der Waals surface area contributed by atoms with Gasteiger partial charge in [-0.3, -0.25) is 14.9 Å². The average Bonchev–Trinajstić information content (AvgIpc) is 3.19. The first-order valence-corrected chi connectivity index (χ1v) is 8.32. The van der Waals surface area contributed by atoms with Crippen molar-refractivity contribution in [2.75, 3.05) is 12.1 Å². The Morgan fingerprint density at radius 1 is 1.31 bits per heavy atom. The fourth-order valence-corrected chi connectivity index (χ4v) is 3.02. The van der Waals surface area contributed by atoms with Gasteiger partial charge in [-0.25, -0.2) is 4.68 Å². The van der Waals surface area contributed by atoms with Gasteiger partial charge in [0.2, 0.25) is 12.7 Å². The van der Waals surface area contributed by atoms with Gasteiger partial charge in [-0.1, -0.05) is 0 Å². The fourth-order valence-electron chi connectivity index (χ4n) is 3.02. The molecule has 9 nitrogen and oxygen atoms in total. The Balaban J connectivity index is 1.56. The van der Waals surface area contributed by atoms with Crippen LogP contribution in [0.25, 0.3) is 0 Å². The number of aryl methyl sites for hydroxylation is 1. The highest BCUT2D eigenvalue weighted by molar-refractivity contribution is 6.04. The Bertz CT molecular complexity index is 878. The molecule has 2 atom stereocenters. The smallest absolute Gasteiger partial charge is 0.256 e. The number of ether oxygens (including phenoxy) is 2. The standard InChI is InChI=1S/C17H19N5O4/c1-9-6-15(23)20-17(18-9)22-14(5-10(2)21-22)19-16(24)11-3-4-12-13(7-11)26-8-25-12/h3-5,7,9,17-18H,6,8H2,1-2H3,(H,19,24)(H,20,23). The van der Waals surface area contributed by atoms with Crippen molar-refractivity contribution in [3.8, 4) is 11.5 Å². The third kappa shape index (κ3) is 3.08. The molecule has 1 aromatic heterocycles. The molecule has 3 heterocycles. The number of nitrogens with zero attached hydrogens (tertiary/aromatic N) is 2. The van der Waals surface area contributed by atoms with E-state index in [1.54, 1.807) is 28.9 Å². The van der Waals surface area contributed by atoms with Crippen molar-refractivity contribution < 1.29 is 19.1 Å². The van der Waals surface area contributed by atoms with Crippen molar-refractivity contribution in [3.63, 3.8) is 0 Å². The van der Waals surface area contributed by atoms with Gasteiger partial charge >= 0.3 is 0 Å². The molecule has 2 aromatic rings. The first kappa shape index (κ1) is 16.4. The zero-order valence-corrected chi connectivity index (χ0v) is 14.4. The molecular formula is C17H19N5O4. The van der Waals surface area contributed by atoms with Gasteiger partial charge in [-0.05, 0) is 32.0 Å². The lowest BCUT2D eigenvalue weighted by Crippen LogP contribution is -2.52. The Morgan fingerprint density at radius 2 is 2.12 bits per heavy atom. The summed E-state index contributed by atoms with van der Waals surface area (Å²) in [6.45, 7) is 3.89. The van der Waals surface area contributed by atoms with Gasteiger partial charge in [0.15, 0.2) is 17.8 Å². The fraction of sp³-hybridized carbons (Fsp3) is 0.353. The molecule has 0 aliphatic carbocycles. The van der Waals surface area contributed by atoms with Crippen LogP contribution < -0.4 is 25.4 Å². The van der Waals surface area contributed by atoms with Gasteiger partial charge in [0.1, 0.15) is 5.82 Å². The molecule has 9 heteroatoms. The number of anilines is 1. The van der Waals surface area contributed by atoms with E-state index in [0.29, 0.717) is 29.3 Å². The highest BCUT2D eigenvalue weighted by Gasteiger charge is 2.27. The molecular weight excluding hydrogens is 338 g/mol. The number of carbonyl (C=O) groups is 2.